The largest absolute Gasteiger partial charge is 0.481 e. The summed E-state index contributed by atoms with van der Waals surface area (Å²) in [4.78, 5) is 34.7. The lowest BCUT2D eigenvalue weighted by Gasteiger charge is -2.23. The third kappa shape index (κ3) is 8.65. The number of likely N-dealkylation sites (tertiary alicyclic amines) is 1. The van der Waals surface area contributed by atoms with E-state index in [0.717, 1.165) is 24.7 Å². The highest BCUT2D eigenvalue weighted by Crippen LogP contribution is 2.16. The van der Waals surface area contributed by atoms with Crippen molar-refractivity contribution in [2.24, 2.45) is 11.7 Å². The van der Waals surface area contributed by atoms with Crippen molar-refractivity contribution in [3.8, 4) is 0 Å². The van der Waals surface area contributed by atoms with Crippen molar-refractivity contribution >= 4 is 17.8 Å². The highest BCUT2D eigenvalue weighted by molar-refractivity contribution is 5.80. The van der Waals surface area contributed by atoms with E-state index in [4.69, 9.17) is 20.4 Å². The van der Waals surface area contributed by atoms with Crippen molar-refractivity contribution in [3.63, 3.8) is 0 Å². The highest BCUT2D eigenvalue weighted by atomic mass is 16.5. The van der Waals surface area contributed by atoms with Crippen LogP contribution in [0.4, 0.5) is 0 Å². The number of aromatic amines is 1. The van der Waals surface area contributed by atoms with Gasteiger partial charge in [0, 0.05) is 40.1 Å². The normalized spacial score (nSPS) is 19.5. The molecule has 1 aromatic rings. The molecular formula is C17H29N5O5. The second-order valence-electron chi connectivity index (χ2n) is 6.51. The SMILES string of the molecule is CC(=O)O.COCc1cc(CNC(=O)[C@@H]2CC[C@H](N)CN(C(C)=O)C2)[nH]n1. The lowest BCUT2D eigenvalue weighted by Crippen LogP contribution is -2.42. The van der Waals surface area contributed by atoms with Crippen molar-refractivity contribution in [1.82, 2.24) is 20.4 Å². The molecule has 0 aromatic carbocycles. The van der Waals surface area contributed by atoms with Gasteiger partial charge in [0.15, 0.2) is 0 Å². The van der Waals surface area contributed by atoms with E-state index >= 15 is 0 Å². The number of carbonyl (C=O) groups is 3. The van der Waals surface area contributed by atoms with Crippen molar-refractivity contribution < 1.29 is 24.2 Å². The molecule has 1 fully saturated rings. The minimum absolute atomic E-state index is 0.0436. The molecule has 0 spiro atoms. The van der Waals surface area contributed by atoms with Crippen molar-refractivity contribution in [1.29, 1.82) is 0 Å². The molecule has 1 aliphatic rings. The minimum Gasteiger partial charge on any atom is -0.481 e. The number of carboxylic acids is 1. The number of amides is 2. The smallest absolute Gasteiger partial charge is 0.300 e. The number of hydrogen-bond acceptors (Lipinski definition) is 6. The summed E-state index contributed by atoms with van der Waals surface area (Å²) in [6, 6.07) is 1.79. The Morgan fingerprint density at radius 2 is 2.04 bits per heavy atom. The first-order valence-corrected chi connectivity index (χ1v) is 8.73. The second kappa shape index (κ2) is 11.3. The number of carboxylic acid groups (broad SMARTS) is 1. The first-order valence-electron chi connectivity index (χ1n) is 8.73. The Bertz CT molecular complexity index is 629. The molecule has 1 aromatic heterocycles. The third-order valence-corrected chi connectivity index (χ3v) is 4.03. The van der Waals surface area contributed by atoms with E-state index in [-0.39, 0.29) is 23.8 Å². The number of ether oxygens (including phenoxy) is 1. The molecule has 1 saturated heterocycles. The van der Waals surface area contributed by atoms with Gasteiger partial charge in [-0.25, -0.2) is 0 Å². The zero-order chi connectivity index (χ0) is 20.4. The zero-order valence-electron chi connectivity index (χ0n) is 16.0. The number of aliphatic carboxylic acids is 1. The number of aromatic nitrogens is 2. The van der Waals surface area contributed by atoms with Crippen LogP contribution in [0.25, 0.3) is 0 Å². The summed E-state index contributed by atoms with van der Waals surface area (Å²) in [6.07, 6.45) is 1.43. The van der Waals surface area contributed by atoms with Gasteiger partial charge in [-0.3, -0.25) is 19.5 Å². The molecule has 0 unspecified atom stereocenters. The number of nitrogens with two attached hydrogens (primary N) is 1. The maximum Gasteiger partial charge on any atom is 0.300 e. The van der Waals surface area contributed by atoms with E-state index < -0.39 is 5.97 Å². The highest BCUT2D eigenvalue weighted by Gasteiger charge is 2.28. The molecule has 10 nitrogen and oxygen atoms in total. The quantitative estimate of drug-likeness (QED) is 0.552. The van der Waals surface area contributed by atoms with Gasteiger partial charge in [-0.05, 0) is 18.9 Å². The number of rotatable bonds is 5. The summed E-state index contributed by atoms with van der Waals surface area (Å²) >= 11 is 0. The molecule has 2 atom stereocenters. The fourth-order valence-electron chi connectivity index (χ4n) is 2.74. The number of nitrogens with one attached hydrogen (secondary N) is 2. The molecule has 0 saturated carbocycles. The van der Waals surface area contributed by atoms with Crippen LogP contribution in [-0.2, 0) is 32.3 Å². The van der Waals surface area contributed by atoms with Crippen LogP contribution >= 0.6 is 0 Å². The standard InChI is InChI=1S/C15H25N5O3.C2H4O2/c1-10(21)20-7-11(3-4-12(16)8-20)15(22)17-6-13-5-14(9-23-2)19-18-13;1-2(3)4/h5,11-12H,3-4,6-9,16H2,1-2H3,(H,17,22)(H,18,19);1H3,(H,3,4)/t11-,12+;/m1./s1. The number of nitrogens with zero attached hydrogens (tertiary/aromatic N) is 2. The Balaban J connectivity index is 0.000000828. The van der Waals surface area contributed by atoms with E-state index in [2.05, 4.69) is 15.5 Å². The molecule has 2 amide bonds. The Hall–Kier alpha value is -2.46. The minimum atomic E-state index is -0.833. The Labute approximate surface area is 158 Å². The predicted molar refractivity (Wildman–Crippen MR) is 97.4 cm³/mol. The average Bonchev–Trinajstić information content (AvgIpc) is 2.92. The lowest BCUT2D eigenvalue weighted by molar-refractivity contribution is -0.134. The van der Waals surface area contributed by atoms with Crippen molar-refractivity contribution in [2.45, 2.75) is 45.9 Å². The summed E-state index contributed by atoms with van der Waals surface area (Å²) in [5.74, 6) is -1.17. The molecular weight excluding hydrogens is 354 g/mol. The zero-order valence-corrected chi connectivity index (χ0v) is 16.0. The van der Waals surface area contributed by atoms with Gasteiger partial charge >= 0.3 is 0 Å². The maximum atomic E-state index is 12.4. The maximum absolute atomic E-state index is 12.4. The monoisotopic (exact) mass is 383 g/mol. The average molecular weight is 383 g/mol. The van der Waals surface area contributed by atoms with Gasteiger partial charge < -0.3 is 25.8 Å². The van der Waals surface area contributed by atoms with E-state index in [1.807, 2.05) is 6.07 Å². The summed E-state index contributed by atoms with van der Waals surface area (Å²) < 4.78 is 5.00. The van der Waals surface area contributed by atoms with Gasteiger partial charge in [0.05, 0.1) is 30.5 Å². The summed E-state index contributed by atoms with van der Waals surface area (Å²) in [6.45, 7) is 4.33. The van der Waals surface area contributed by atoms with Crippen LogP contribution in [0.5, 0.6) is 0 Å². The van der Waals surface area contributed by atoms with E-state index in [1.165, 1.54) is 6.92 Å². The predicted octanol–water partition coefficient (Wildman–Crippen LogP) is -0.151. The van der Waals surface area contributed by atoms with Crippen LogP contribution in [0.15, 0.2) is 6.07 Å². The van der Waals surface area contributed by atoms with Crippen LogP contribution in [0, 0.1) is 5.92 Å². The van der Waals surface area contributed by atoms with Gasteiger partial charge in [-0.15, -0.1) is 0 Å². The van der Waals surface area contributed by atoms with Gasteiger partial charge in [0.2, 0.25) is 11.8 Å². The van der Waals surface area contributed by atoms with Gasteiger partial charge in [0.1, 0.15) is 0 Å². The molecule has 5 N–H and O–H groups in total. The summed E-state index contributed by atoms with van der Waals surface area (Å²) in [7, 11) is 1.60. The van der Waals surface area contributed by atoms with Crippen molar-refractivity contribution in [2.75, 3.05) is 20.2 Å². The van der Waals surface area contributed by atoms with Crippen LogP contribution in [0.1, 0.15) is 38.1 Å². The first-order chi connectivity index (χ1) is 12.7. The van der Waals surface area contributed by atoms with Crippen LogP contribution in [0.2, 0.25) is 0 Å². The van der Waals surface area contributed by atoms with Crippen LogP contribution in [0.3, 0.4) is 0 Å². The Kier molecular flexibility index (Phi) is 9.45. The molecule has 27 heavy (non-hydrogen) atoms. The van der Waals surface area contributed by atoms with Gasteiger partial charge in [-0.2, -0.15) is 5.10 Å². The molecule has 10 heteroatoms. The number of methoxy groups -OCH3 is 1. The molecule has 152 valence electrons. The molecule has 0 bridgehead atoms. The molecule has 2 heterocycles. The van der Waals surface area contributed by atoms with Crippen molar-refractivity contribution in [3.05, 3.63) is 17.5 Å². The van der Waals surface area contributed by atoms with Crippen LogP contribution < -0.4 is 11.1 Å². The van der Waals surface area contributed by atoms with E-state index in [9.17, 15) is 9.59 Å². The Morgan fingerprint density at radius 1 is 1.37 bits per heavy atom. The summed E-state index contributed by atoms with van der Waals surface area (Å²) in [5, 5.41) is 17.3. The number of H-pyrrole nitrogens is 1. The van der Waals surface area contributed by atoms with Crippen LogP contribution in [-0.4, -0.2) is 64.2 Å². The van der Waals surface area contributed by atoms with E-state index in [0.29, 0.717) is 32.7 Å². The number of hydrogen-bond donors (Lipinski definition) is 4. The fraction of sp³-hybridized carbons (Fsp3) is 0.647. The molecule has 2 rings (SSSR count). The molecule has 0 radical (unpaired) electrons. The summed E-state index contributed by atoms with van der Waals surface area (Å²) in [5.41, 5.74) is 7.58. The number of carbonyl (C=O) groups excluding carboxylic acids is 2. The first kappa shape index (κ1) is 22.6. The van der Waals surface area contributed by atoms with Gasteiger partial charge in [0.25, 0.3) is 5.97 Å². The van der Waals surface area contributed by atoms with E-state index in [1.54, 1.807) is 12.0 Å². The molecule has 1 aliphatic heterocycles. The lowest BCUT2D eigenvalue weighted by atomic mass is 10.0. The molecule has 0 aliphatic carbocycles. The van der Waals surface area contributed by atoms with Gasteiger partial charge in [-0.1, -0.05) is 0 Å². The Morgan fingerprint density at radius 3 is 2.63 bits per heavy atom. The topological polar surface area (TPSA) is 151 Å². The second-order valence-corrected chi connectivity index (χ2v) is 6.51. The fourth-order valence-corrected chi connectivity index (χ4v) is 2.74. The third-order valence-electron chi connectivity index (χ3n) is 4.03.